The maximum Gasteiger partial charge on any atom is 0.221 e. The maximum absolute atomic E-state index is 13.1. The third-order valence-electron chi connectivity index (χ3n) is 3.62. The number of benzene rings is 1. The molecule has 0 unspecified atom stereocenters. The fourth-order valence-corrected chi connectivity index (χ4v) is 2.39. The number of carbonyl (C=O) groups is 1. The van der Waals surface area contributed by atoms with E-state index in [1.54, 1.807) is 17.6 Å². The molecule has 1 amide bonds. The zero-order valence-corrected chi connectivity index (χ0v) is 13.5. The molecule has 2 aromatic rings. The van der Waals surface area contributed by atoms with Gasteiger partial charge in [-0.1, -0.05) is 18.2 Å². The third-order valence-corrected chi connectivity index (χ3v) is 3.62. The highest BCUT2D eigenvalue weighted by Crippen LogP contribution is 2.43. The van der Waals surface area contributed by atoms with Crippen LogP contribution in [0.1, 0.15) is 29.9 Å². The number of aromatic nitrogens is 1. The average molecular weight is 332 g/mol. The Morgan fingerprint density at radius 3 is 2.62 bits per heavy atom. The summed E-state index contributed by atoms with van der Waals surface area (Å²) >= 11 is 0. The van der Waals surface area contributed by atoms with Crippen LogP contribution >= 0.6 is 0 Å². The fraction of sp³-hybridized carbons (Fsp3) is 0.294. The van der Waals surface area contributed by atoms with Crippen LogP contribution in [0, 0.1) is 5.95 Å². The van der Waals surface area contributed by atoms with Crippen molar-refractivity contribution >= 4 is 12.1 Å². The molecule has 0 aliphatic heterocycles. The molecule has 1 aromatic carbocycles. The molecule has 7 heteroatoms. The van der Waals surface area contributed by atoms with Gasteiger partial charge in [0.1, 0.15) is 6.61 Å². The third kappa shape index (κ3) is 4.92. The number of ether oxygens (including phenoxy) is 1. The summed E-state index contributed by atoms with van der Waals surface area (Å²) < 4.78 is 18.7. The highest BCUT2D eigenvalue weighted by Gasteiger charge is 2.27. The monoisotopic (exact) mass is 332 g/mol. The molecule has 1 fully saturated rings. The molecular formula is C17H21FN4O2. The van der Waals surface area contributed by atoms with Crippen LogP contribution in [-0.2, 0) is 11.4 Å². The zero-order chi connectivity index (χ0) is 17.4. The normalized spacial score (nSPS) is 12.6. The Bertz CT molecular complexity index is 677. The lowest BCUT2D eigenvalue weighted by atomic mass is 10.0. The van der Waals surface area contributed by atoms with Gasteiger partial charge in [0.25, 0.3) is 0 Å². The summed E-state index contributed by atoms with van der Waals surface area (Å²) in [6.45, 7) is 0.402. The second-order valence-corrected chi connectivity index (χ2v) is 5.27. The Labute approximate surface area is 140 Å². The number of anilines is 1. The van der Waals surface area contributed by atoms with Gasteiger partial charge in [-0.3, -0.25) is 10.2 Å². The standard InChI is InChI=1S/C16H17FN2O.CH4N2O/c1-18-14-5-2-4-12(11-8-9-11)13(14)10-20-16-7-3-6-15(17)19-16;2-3-1-4/h2-7,11,18H,8-10H2,1H3;1H,2H2,(H,3,4). The van der Waals surface area contributed by atoms with E-state index in [0.29, 0.717) is 24.8 Å². The van der Waals surface area contributed by atoms with Crippen molar-refractivity contribution < 1.29 is 13.9 Å². The van der Waals surface area contributed by atoms with E-state index in [9.17, 15) is 4.39 Å². The van der Waals surface area contributed by atoms with Crippen LogP contribution < -0.4 is 21.3 Å². The molecule has 0 radical (unpaired) electrons. The predicted molar refractivity (Wildman–Crippen MR) is 89.9 cm³/mol. The largest absolute Gasteiger partial charge is 0.473 e. The van der Waals surface area contributed by atoms with Gasteiger partial charge in [-0.25, -0.2) is 5.84 Å². The molecule has 1 heterocycles. The van der Waals surface area contributed by atoms with Crippen LogP contribution in [0.4, 0.5) is 10.1 Å². The van der Waals surface area contributed by atoms with E-state index in [2.05, 4.69) is 28.3 Å². The smallest absolute Gasteiger partial charge is 0.221 e. The average Bonchev–Trinajstić information content (AvgIpc) is 3.45. The van der Waals surface area contributed by atoms with Crippen molar-refractivity contribution in [3.05, 3.63) is 53.5 Å². The Balaban J connectivity index is 0.000000471. The van der Waals surface area contributed by atoms with Crippen LogP contribution in [0.25, 0.3) is 0 Å². The Morgan fingerprint density at radius 1 is 1.33 bits per heavy atom. The molecule has 1 aromatic heterocycles. The van der Waals surface area contributed by atoms with Crippen molar-refractivity contribution in [2.75, 3.05) is 12.4 Å². The molecule has 0 spiro atoms. The summed E-state index contributed by atoms with van der Waals surface area (Å²) in [5, 5.41) is 3.19. The van der Waals surface area contributed by atoms with Gasteiger partial charge in [-0.2, -0.15) is 9.37 Å². The number of hydrogen-bond acceptors (Lipinski definition) is 5. The maximum atomic E-state index is 13.1. The van der Waals surface area contributed by atoms with Crippen molar-refractivity contribution in [1.29, 1.82) is 0 Å². The molecule has 1 saturated carbocycles. The van der Waals surface area contributed by atoms with E-state index in [-0.39, 0.29) is 0 Å². The first-order valence-electron chi connectivity index (χ1n) is 7.64. The minimum atomic E-state index is -0.521. The molecule has 0 atom stereocenters. The van der Waals surface area contributed by atoms with Gasteiger partial charge in [-0.05, 0) is 36.5 Å². The van der Waals surface area contributed by atoms with E-state index >= 15 is 0 Å². The van der Waals surface area contributed by atoms with Crippen molar-refractivity contribution in [3.8, 4) is 5.88 Å². The molecule has 1 aliphatic carbocycles. The molecule has 0 saturated heterocycles. The number of hydrogen-bond donors (Lipinski definition) is 3. The quantitative estimate of drug-likeness (QED) is 0.248. The highest BCUT2D eigenvalue weighted by molar-refractivity contribution is 5.55. The van der Waals surface area contributed by atoms with Crippen LogP contribution in [0.2, 0.25) is 0 Å². The number of halogens is 1. The van der Waals surface area contributed by atoms with E-state index in [4.69, 9.17) is 9.53 Å². The second kappa shape index (κ2) is 8.83. The van der Waals surface area contributed by atoms with Crippen LogP contribution in [0.15, 0.2) is 36.4 Å². The lowest BCUT2D eigenvalue weighted by Gasteiger charge is -2.15. The SMILES string of the molecule is CNc1cccc(C2CC2)c1COc1cccc(F)n1.NNC=O. The summed E-state index contributed by atoms with van der Waals surface area (Å²) in [7, 11) is 1.90. The van der Waals surface area contributed by atoms with E-state index in [1.165, 1.54) is 24.5 Å². The number of pyridine rings is 1. The minimum Gasteiger partial charge on any atom is -0.473 e. The molecule has 0 bridgehead atoms. The Kier molecular flexibility index (Phi) is 6.51. The first-order valence-corrected chi connectivity index (χ1v) is 7.64. The molecule has 6 nitrogen and oxygen atoms in total. The number of nitrogens with two attached hydrogens (primary N) is 1. The number of hydrazine groups is 1. The summed E-state index contributed by atoms with van der Waals surface area (Å²) in [4.78, 5) is 12.7. The minimum absolute atomic E-state index is 0.317. The van der Waals surface area contributed by atoms with Crippen molar-refractivity contribution in [2.24, 2.45) is 5.84 Å². The van der Waals surface area contributed by atoms with Crippen molar-refractivity contribution in [1.82, 2.24) is 10.4 Å². The van der Waals surface area contributed by atoms with Crippen LogP contribution in [0.3, 0.4) is 0 Å². The number of nitrogens with zero attached hydrogens (tertiary/aromatic N) is 1. The number of rotatable bonds is 6. The van der Waals surface area contributed by atoms with E-state index in [1.807, 2.05) is 13.1 Å². The fourth-order valence-electron chi connectivity index (χ4n) is 2.39. The van der Waals surface area contributed by atoms with Gasteiger partial charge in [0.2, 0.25) is 18.2 Å². The lowest BCUT2D eigenvalue weighted by Crippen LogP contribution is -2.18. The van der Waals surface area contributed by atoms with Crippen LogP contribution in [-0.4, -0.2) is 18.4 Å². The first kappa shape index (κ1) is 17.7. The first-order chi connectivity index (χ1) is 11.7. The summed E-state index contributed by atoms with van der Waals surface area (Å²) in [6, 6.07) is 10.8. The van der Waals surface area contributed by atoms with Gasteiger partial charge < -0.3 is 10.1 Å². The number of amides is 1. The summed E-state index contributed by atoms with van der Waals surface area (Å²) in [5.41, 5.74) is 5.28. The second-order valence-electron chi connectivity index (χ2n) is 5.27. The topological polar surface area (TPSA) is 89.3 Å². The van der Waals surface area contributed by atoms with Gasteiger partial charge >= 0.3 is 0 Å². The van der Waals surface area contributed by atoms with E-state index in [0.717, 1.165) is 11.3 Å². The molecule has 1 aliphatic rings. The molecule has 4 N–H and O–H groups in total. The summed E-state index contributed by atoms with van der Waals surface area (Å²) in [5.74, 6) is 4.85. The lowest BCUT2D eigenvalue weighted by molar-refractivity contribution is -0.109. The van der Waals surface area contributed by atoms with Gasteiger partial charge in [0, 0.05) is 24.4 Å². The predicted octanol–water partition coefficient (Wildman–Crippen LogP) is 2.32. The zero-order valence-electron chi connectivity index (χ0n) is 13.5. The van der Waals surface area contributed by atoms with Gasteiger partial charge in [-0.15, -0.1) is 0 Å². The molecular weight excluding hydrogens is 311 g/mol. The van der Waals surface area contributed by atoms with Gasteiger partial charge in [0.15, 0.2) is 0 Å². The van der Waals surface area contributed by atoms with Crippen molar-refractivity contribution in [3.63, 3.8) is 0 Å². The molecule has 3 rings (SSSR count). The van der Waals surface area contributed by atoms with E-state index < -0.39 is 5.95 Å². The number of carbonyl (C=O) groups excluding carboxylic acids is 1. The molecule has 24 heavy (non-hydrogen) atoms. The number of nitrogens with one attached hydrogen (secondary N) is 2. The van der Waals surface area contributed by atoms with Crippen LogP contribution in [0.5, 0.6) is 5.88 Å². The van der Waals surface area contributed by atoms with Gasteiger partial charge in [0.05, 0.1) is 0 Å². The Hall–Kier alpha value is -2.67. The summed E-state index contributed by atoms with van der Waals surface area (Å²) in [6.07, 6.45) is 2.87. The highest BCUT2D eigenvalue weighted by atomic mass is 19.1. The molecule has 128 valence electrons. The van der Waals surface area contributed by atoms with Crippen molar-refractivity contribution in [2.45, 2.75) is 25.4 Å². The Morgan fingerprint density at radius 2 is 2.04 bits per heavy atom.